The van der Waals surface area contributed by atoms with Gasteiger partial charge in [-0.25, -0.2) is 8.42 Å². The Morgan fingerprint density at radius 3 is 2.14 bits per heavy atom. The van der Waals surface area contributed by atoms with Crippen molar-refractivity contribution in [2.24, 2.45) is 0 Å². The van der Waals surface area contributed by atoms with Crippen molar-refractivity contribution < 1.29 is 13.2 Å². The molecule has 1 aliphatic heterocycles. The van der Waals surface area contributed by atoms with E-state index in [9.17, 15) is 13.2 Å². The highest BCUT2D eigenvalue weighted by Gasteiger charge is 2.28. The number of benzene rings is 1. The van der Waals surface area contributed by atoms with Crippen LogP contribution in [0.1, 0.15) is 38.7 Å². The van der Waals surface area contributed by atoms with Crippen LogP contribution < -0.4 is 0 Å². The Morgan fingerprint density at radius 2 is 1.67 bits per heavy atom. The lowest BCUT2D eigenvalue weighted by molar-refractivity contribution is -0.136. The molecule has 4 nitrogen and oxygen atoms in total. The molecule has 1 amide bonds. The van der Waals surface area contributed by atoms with Gasteiger partial charge >= 0.3 is 0 Å². The Hall–Kier alpha value is -1.36. The first-order valence-electron chi connectivity index (χ1n) is 7.39. The van der Waals surface area contributed by atoms with E-state index < -0.39 is 9.84 Å². The third-order valence-electron chi connectivity index (χ3n) is 4.19. The van der Waals surface area contributed by atoms with Crippen LogP contribution in [0, 0.1) is 0 Å². The Morgan fingerprint density at radius 1 is 1.14 bits per heavy atom. The van der Waals surface area contributed by atoms with E-state index in [-0.39, 0.29) is 18.0 Å². The van der Waals surface area contributed by atoms with E-state index in [1.807, 2.05) is 4.90 Å². The number of carbonyl (C=O) groups excluding carboxylic acids is 1. The zero-order valence-electron chi connectivity index (χ0n) is 12.9. The van der Waals surface area contributed by atoms with Gasteiger partial charge in [-0.1, -0.05) is 12.1 Å². The minimum Gasteiger partial charge on any atom is -0.337 e. The van der Waals surface area contributed by atoms with Gasteiger partial charge in [0.05, 0.1) is 11.3 Å². The van der Waals surface area contributed by atoms with Crippen LogP contribution in [-0.2, 0) is 21.1 Å². The number of hydrogen-bond acceptors (Lipinski definition) is 3. The van der Waals surface area contributed by atoms with Gasteiger partial charge in [0.25, 0.3) is 0 Å². The van der Waals surface area contributed by atoms with Crippen molar-refractivity contribution >= 4 is 15.7 Å². The van der Waals surface area contributed by atoms with Crippen molar-refractivity contribution in [1.82, 2.24) is 4.90 Å². The van der Waals surface area contributed by atoms with Crippen LogP contribution in [0.3, 0.4) is 0 Å². The number of likely N-dealkylation sites (tertiary alicyclic amines) is 1. The molecule has 0 N–H and O–H groups in total. The molecule has 116 valence electrons. The molecule has 2 unspecified atom stereocenters. The van der Waals surface area contributed by atoms with Gasteiger partial charge in [0.1, 0.15) is 0 Å². The normalized spacial score (nSPS) is 23.1. The molecule has 0 aliphatic carbocycles. The van der Waals surface area contributed by atoms with Gasteiger partial charge < -0.3 is 4.90 Å². The van der Waals surface area contributed by atoms with Crippen LogP contribution in [0.15, 0.2) is 29.2 Å². The van der Waals surface area contributed by atoms with Gasteiger partial charge in [-0.2, -0.15) is 0 Å². The number of piperidine rings is 1. The molecular weight excluding hydrogens is 286 g/mol. The van der Waals surface area contributed by atoms with Crippen LogP contribution in [-0.4, -0.2) is 37.6 Å². The van der Waals surface area contributed by atoms with E-state index in [0.717, 1.165) is 18.4 Å². The molecule has 1 aromatic carbocycles. The maximum atomic E-state index is 12.5. The topological polar surface area (TPSA) is 54.5 Å². The number of carbonyl (C=O) groups is 1. The van der Waals surface area contributed by atoms with Crippen molar-refractivity contribution in [2.75, 3.05) is 6.26 Å². The molecule has 1 aliphatic rings. The highest BCUT2D eigenvalue weighted by atomic mass is 32.2. The van der Waals surface area contributed by atoms with E-state index in [1.165, 1.54) is 12.7 Å². The van der Waals surface area contributed by atoms with Gasteiger partial charge in [0, 0.05) is 18.3 Å². The quantitative estimate of drug-likeness (QED) is 0.861. The fourth-order valence-corrected chi connectivity index (χ4v) is 3.66. The monoisotopic (exact) mass is 309 g/mol. The Bertz CT molecular complexity index is 597. The summed E-state index contributed by atoms with van der Waals surface area (Å²) >= 11 is 0. The van der Waals surface area contributed by atoms with Crippen molar-refractivity contribution in [2.45, 2.75) is 56.5 Å². The SMILES string of the molecule is CC1CCCC(C)N1C(=O)Cc1ccc(S(C)(=O)=O)cc1. The van der Waals surface area contributed by atoms with Gasteiger partial charge in [0.15, 0.2) is 9.84 Å². The maximum Gasteiger partial charge on any atom is 0.227 e. The first kappa shape index (κ1) is 16.0. The summed E-state index contributed by atoms with van der Waals surface area (Å²) in [5.74, 6) is 0.127. The Balaban J connectivity index is 2.09. The van der Waals surface area contributed by atoms with Gasteiger partial charge in [-0.05, 0) is 50.8 Å². The standard InChI is InChI=1S/C16H23NO3S/c1-12-5-4-6-13(2)17(12)16(18)11-14-7-9-15(10-8-14)21(3,19)20/h7-10,12-13H,4-6,11H2,1-3H3. The van der Waals surface area contributed by atoms with Gasteiger partial charge in [-0.15, -0.1) is 0 Å². The van der Waals surface area contributed by atoms with Crippen LogP contribution >= 0.6 is 0 Å². The van der Waals surface area contributed by atoms with Gasteiger partial charge in [-0.3, -0.25) is 4.79 Å². The van der Waals surface area contributed by atoms with Crippen LogP contribution in [0.4, 0.5) is 0 Å². The number of sulfone groups is 1. The third-order valence-corrected chi connectivity index (χ3v) is 5.32. The molecule has 1 heterocycles. The van der Waals surface area contributed by atoms with E-state index in [2.05, 4.69) is 13.8 Å². The van der Waals surface area contributed by atoms with Crippen LogP contribution in [0.5, 0.6) is 0 Å². The summed E-state index contributed by atoms with van der Waals surface area (Å²) in [4.78, 5) is 14.7. The predicted octanol–water partition coefficient (Wildman–Crippen LogP) is 2.42. The molecule has 0 spiro atoms. The molecule has 1 saturated heterocycles. The highest BCUT2D eigenvalue weighted by molar-refractivity contribution is 7.90. The largest absolute Gasteiger partial charge is 0.337 e. The molecule has 0 aromatic heterocycles. The van der Waals surface area contributed by atoms with E-state index in [1.54, 1.807) is 24.3 Å². The average Bonchev–Trinajstić information content (AvgIpc) is 2.38. The van der Waals surface area contributed by atoms with Crippen molar-refractivity contribution in [3.8, 4) is 0 Å². The van der Waals surface area contributed by atoms with E-state index in [4.69, 9.17) is 0 Å². The summed E-state index contributed by atoms with van der Waals surface area (Å²) in [6.07, 6.45) is 4.81. The van der Waals surface area contributed by atoms with Crippen molar-refractivity contribution in [1.29, 1.82) is 0 Å². The molecule has 2 rings (SSSR count). The predicted molar refractivity (Wildman–Crippen MR) is 82.9 cm³/mol. The molecule has 21 heavy (non-hydrogen) atoms. The minimum absolute atomic E-state index is 0.127. The summed E-state index contributed by atoms with van der Waals surface area (Å²) in [5.41, 5.74) is 0.859. The summed E-state index contributed by atoms with van der Waals surface area (Å²) in [5, 5.41) is 0. The average molecular weight is 309 g/mol. The lowest BCUT2D eigenvalue weighted by Crippen LogP contribution is -2.48. The molecule has 0 saturated carbocycles. The molecule has 0 bridgehead atoms. The molecule has 2 atom stereocenters. The maximum absolute atomic E-state index is 12.5. The van der Waals surface area contributed by atoms with E-state index >= 15 is 0 Å². The summed E-state index contributed by atoms with van der Waals surface area (Å²) in [6, 6.07) is 7.18. The number of amides is 1. The molecule has 1 aromatic rings. The van der Waals surface area contributed by atoms with Crippen LogP contribution in [0.25, 0.3) is 0 Å². The first-order valence-corrected chi connectivity index (χ1v) is 9.28. The van der Waals surface area contributed by atoms with Gasteiger partial charge in [0.2, 0.25) is 5.91 Å². The molecular formula is C16H23NO3S. The van der Waals surface area contributed by atoms with Crippen molar-refractivity contribution in [3.05, 3.63) is 29.8 Å². The smallest absolute Gasteiger partial charge is 0.227 e. The number of nitrogens with zero attached hydrogens (tertiary/aromatic N) is 1. The molecule has 1 fully saturated rings. The molecule has 0 radical (unpaired) electrons. The van der Waals surface area contributed by atoms with Crippen LogP contribution in [0.2, 0.25) is 0 Å². The zero-order valence-corrected chi connectivity index (χ0v) is 13.7. The lowest BCUT2D eigenvalue weighted by atomic mass is 9.96. The first-order chi connectivity index (χ1) is 9.79. The lowest BCUT2D eigenvalue weighted by Gasteiger charge is -2.39. The highest BCUT2D eigenvalue weighted by Crippen LogP contribution is 2.23. The second-order valence-electron chi connectivity index (χ2n) is 6.02. The second kappa shape index (κ2) is 6.18. The molecule has 5 heteroatoms. The van der Waals surface area contributed by atoms with E-state index in [0.29, 0.717) is 11.3 Å². The summed E-state index contributed by atoms with van der Waals surface area (Å²) in [7, 11) is -3.18. The van der Waals surface area contributed by atoms with Crippen molar-refractivity contribution in [3.63, 3.8) is 0 Å². The Labute approximate surface area is 127 Å². The number of hydrogen-bond donors (Lipinski definition) is 0. The summed E-state index contributed by atoms with van der Waals surface area (Å²) < 4.78 is 22.8. The fourth-order valence-electron chi connectivity index (χ4n) is 3.03. The second-order valence-corrected chi connectivity index (χ2v) is 8.04. The fraction of sp³-hybridized carbons (Fsp3) is 0.562. The zero-order chi connectivity index (χ0) is 15.6. The Kier molecular flexibility index (Phi) is 4.71. The third kappa shape index (κ3) is 3.84. The summed E-state index contributed by atoms with van der Waals surface area (Å²) in [6.45, 7) is 4.20. The minimum atomic E-state index is -3.18. The number of rotatable bonds is 3.